The number of carboxylic acids is 1. The molecular weight excluding hydrogens is 775 g/mol. The molecule has 0 saturated heterocycles. The Hall–Kier alpha value is -3.23. The number of unbranched alkanes of at least 4 members (excludes halogenated alkanes) is 22. The summed E-state index contributed by atoms with van der Waals surface area (Å²) in [4.78, 5) is 37.1. The molecule has 1 N–H and O–H groups in total. The van der Waals surface area contributed by atoms with Crippen molar-refractivity contribution in [3.8, 4) is 0 Å². The lowest BCUT2D eigenvalue weighted by Gasteiger charge is -2.31. The molecule has 0 aliphatic rings. The van der Waals surface area contributed by atoms with E-state index in [0.29, 0.717) is 19.3 Å². The number of rotatable bonds is 44. The van der Waals surface area contributed by atoms with Crippen LogP contribution in [0.2, 0.25) is 0 Å². The molecule has 0 saturated carbocycles. The van der Waals surface area contributed by atoms with Gasteiger partial charge in [-0.1, -0.05) is 196 Å². The number of quaternary nitrogens is 1. The SMILES string of the molecule is CCC/C=C/C=C/C=C/C=C/C=C/CCCCCCCC(=O)OC(COCCC(C(=O)O)[N+](C)(C)C)COC(=O)CCCCCCCCC/C=C/CCCCCCCCCCC. The molecule has 0 aliphatic heterocycles. The van der Waals surface area contributed by atoms with E-state index in [1.54, 1.807) is 0 Å². The fraction of sp³-hybridized carbons (Fsp3) is 0.722. The molecule has 0 aromatic heterocycles. The van der Waals surface area contributed by atoms with Crippen LogP contribution >= 0.6 is 0 Å². The van der Waals surface area contributed by atoms with Crippen LogP contribution in [0.5, 0.6) is 0 Å². The standard InChI is InChI=1S/C54H93NO7/c1-6-8-10-12-14-16-18-20-22-24-26-27-29-30-32-34-36-38-40-42-44-52(56)61-49-50(48-60-47-46-51(54(58)59)55(3,4)5)62-53(57)45-43-41-39-37-35-33-31-28-25-23-21-19-17-15-13-11-9-7-2/h11,13,15,17,19,21,23,25-28,31,50-51H,6-10,12,14,16,18,20,22,24,29-30,32-49H2,1-5H3/p+1/b13-11+,17-15+,21-19+,25-23+,27-26+,31-28+. The van der Waals surface area contributed by atoms with Crippen molar-refractivity contribution in [2.24, 2.45) is 0 Å². The second-order valence-electron chi connectivity index (χ2n) is 17.8. The van der Waals surface area contributed by atoms with Gasteiger partial charge in [0, 0.05) is 19.3 Å². The van der Waals surface area contributed by atoms with Gasteiger partial charge in [0.25, 0.3) is 0 Å². The Bertz CT molecular complexity index is 1240. The van der Waals surface area contributed by atoms with Gasteiger partial charge in [-0.15, -0.1) is 0 Å². The van der Waals surface area contributed by atoms with Crippen LogP contribution in [0.1, 0.15) is 200 Å². The molecular formula is C54H94NO7+. The van der Waals surface area contributed by atoms with Gasteiger partial charge in [-0.2, -0.15) is 0 Å². The Labute approximate surface area is 381 Å². The molecule has 0 heterocycles. The van der Waals surface area contributed by atoms with E-state index in [4.69, 9.17) is 14.2 Å². The molecule has 2 unspecified atom stereocenters. The highest BCUT2D eigenvalue weighted by Crippen LogP contribution is 2.14. The number of aliphatic carboxylic acids is 1. The van der Waals surface area contributed by atoms with Gasteiger partial charge in [-0.25, -0.2) is 4.79 Å². The van der Waals surface area contributed by atoms with Crippen molar-refractivity contribution in [2.45, 2.75) is 212 Å². The van der Waals surface area contributed by atoms with E-state index in [1.165, 1.54) is 103 Å². The van der Waals surface area contributed by atoms with Crippen molar-refractivity contribution >= 4 is 17.9 Å². The number of likely N-dealkylation sites (N-methyl/N-ethyl adjacent to an activating group) is 1. The van der Waals surface area contributed by atoms with Gasteiger partial charge in [-0.3, -0.25) is 9.59 Å². The summed E-state index contributed by atoms with van der Waals surface area (Å²) in [5.74, 6) is -1.51. The fourth-order valence-electron chi connectivity index (χ4n) is 7.06. The summed E-state index contributed by atoms with van der Waals surface area (Å²) in [5, 5.41) is 9.65. The number of carboxylic acid groups (broad SMARTS) is 1. The van der Waals surface area contributed by atoms with Crippen molar-refractivity contribution in [3.63, 3.8) is 0 Å². The average molecular weight is 869 g/mol. The minimum absolute atomic E-state index is 0.0460. The molecule has 0 spiro atoms. The van der Waals surface area contributed by atoms with Crippen LogP contribution in [0, 0.1) is 0 Å². The number of carbonyl (C=O) groups excluding carboxylic acids is 2. The minimum Gasteiger partial charge on any atom is -0.477 e. The molecule has 0 aromatic rings. The zero-order chi connectivity index (χ0) is 45.6. The lowest BCUT2D eigenvalue weighted by atomic mass is 10.1. The average Bonchev–Trinajstić information content (AvgIpc) is 3.23. The molecule has 356 valence electrons. The van der Waals surface area contributed by atoms with Gasteiger partial charge < -0.3 is 23.8 Å². The number of allylic oxidation sites excluding steroid dienone is 12. The van der Waals surface area contributed by atoms with E-state index in [9.17, 15) is 19.5 Å². The van der Waals surface area contributed by atoms with Crippen LogP contribution in [0.15, 0.2) is 72.9 Å². The Kier molecular flexibility index (Phi) is 42.1. The first kappa shape index (κ1) is 58.8. The van der Waals surface area contributed by atoms with Crippen molar-refractivity contribution in [2.75, 3.05) is 41.0 Å². The van der Waals surface area contributed by atoms with Gasteiger partial charge in [0.05, 0.1) is 34.4 Å². The summed E-state index contributed by atoms with van der Waals surface area (Å²) in [6, 6.07) is -0.624. The normalized spacial score (nSPS) is 13.5. The predicted octanol–water partition coefficient (Wildman–Crippen LogP) is 14.3. The number of carbonyl (C=O) groups is 3. The van der Waals surface area contributed by atoms with Crippen LogP contribution in [-0.2, 0) is 28.6 Å². The molecule has 0 fully saturated rings. The number of hydrogen-bond donors (Lipinski definition) is 1. The van der Waals surface area contributed by atoms with Crippen LogP contribution in [0.4, 0.5) is 0 Å². The second kappa shape index (κ2) is 44.4. The number of ether oxygens (including phenoxy) is 3. The molecule has 8 nitrogen and oxygen atoms in total. The largest absolute Gasteiger partial charge is 0.477 e. The highest BCUT2D eigenvalue weighted by Gasteiger charge is 2.31. The highest BCUT2D eigenvalue weighted by atomic mass is 16.6. The molecule has 8 heteroatoms. The maximum Gasteiger partial charge on any atom is 0.362 e. The molecule has 0 radical (unpaired) electrons. The second-order valence-corrected chi connectivity index (χ2v) is 17.8. The first-order valence-corrected chi connectivity index (χ1v) is 25.0. The Morgan fingerprint density at radius 2 is 0.903 bits per heavy atom. The quantitative estimate of drug-likeness (QED) is 0.0214. The molecule has 62 heavy (non-hydrogen) atoms. The van der Waals surface area contributed by atoms with E-state index in [-0.39, 0.29) is 36.2 Å². The molecule has 0 aliphatic carbocycles. The minimum atomic E-state index is -0.882. The highest BCUT2D eigenvalue weighted by molar-refractivity contribution is 5.72. The van der Waals surface area contributed by atoms with Gasteiger partial charge >= 0.3 is 17.9 Å². The maximum atomic E-state index is 12.8. The van der Waals surface area contributed by atoms with E-state index in [1.807, 2.05) is 57.6 Å². The Morgan fingerprint density at radius 3 is 1.37 bits per heavy atom. The smallest absolute Gasteiger partial charge is 0.362 e. The zero-order valence-electron chi connectivity index (χ0n) is 40.6. The summed E-state index contributed by atoms with van der Waals surface area (Å²) in [5.41, 5.74) is 0. The first-order chi connectivity index (χ1) is 30.1. The molecule has 0 rings (SSSR count). The maximum absolute atomic E-state index is 12.8. The van der Waals surface area contributed by atoms with Crippen molar-refractivity contribution < 1.29 is 38.2 Å². The van der Waals surface area contributed by atoms with Gasteiger partial charge in [-0.05, 0) is 57.8 Å². The lowest BCUT2D eigenvalue weighted by molar-refractivity contribution is -0.887. The van der Waals surface area contributed by atoms with E-state index in [0.717, 1.165) is 64.2 Å². The zero-order valence-corrected chi connectivity index (χ0v) is 40.6. The van der Waals surface area contributed by atoms with Crippen molar-refractivity contribution in [1.82, 2.24) is 0 Å². The number of hydrogen-bond acceptors (Lipinski definition) is 6. The predicted molar refractivity (Wildman–Crippen MR) is 261 cm³/mol. The summed E-state index contributed by atoms with van der Waals surface area (Å²) in [7, 11) is 5.52. The topological polar surface area (TPSA) is 99.1 Å². The third-order valence-electron chi connectivity index (χ3n) is 10.9. The molecule has 2 atom stereocenters. The fourth-order valence-corrected chi connectivity index (χ4v) is 7.06. The van der Waals surface area contributed by atoms with E-state index >= 15 is 0 Å². The third-order valence-corrected chi connectivity index (χ3v) is 10.9. The van der Waals surface area contributed by atoms with Crippen LogP contribution < -0.4 is 0 Å². The van der Waals surface area contributed by atoms with E-state index < -0.39 is 18.1 Å². The summed E-state index contributed by atoms with van der Waals surface area (Å²) < 4.78 is 17.3. The number of nitrogens with zero attached hydrogens (tertiary/aromatic N) is 1. The van der Waals surface area contributed by atoms with Gasteiger partial charge in [0.1, 0.15) is 6.61 Å². The Balaban J connectivity index is 4.33. The molecule has 0 bridgehead atoms. The van der Waals surface area contributed by atoms with Gasteiger partial charge in [0.15, 0.2) is 12.1 Å². The first-order valence-electron chi connectivity index (χ1n) is 25.0. The lowest BCUT2D eigenvalue weighted by Crippen LogP contribution is -2.50. The third kappa shape index (κ3) is 42.1. The van der Waals surface area contributed by atoms with Gasteiger partial charge in [0.2, 0.25) is 0 Å². The van der Waals surface area contributed by atoms with Crippen molar-refractivity contribution in [1.29, 1.82) is 0 Å². The summed E-state index contributed by atoms with van der Waals surface area (Å²) in [6.45, 7) is 4.62. The van der Waals surface area contributed by atoms with Crippen LogP contribution in [0.3, 0.4) is 0 Å². The van der Waals surface area contributed by atoms with Crippen LogP contribution in [0.25, 0.3) is 0 Å². The summed E-state index contributed by atoms with van der Waals surface area (Å²) in [6.07, 6.45) is 56.6. The van der Waals surface area contributed by atoms with E-state index in [2.05, 4.69) is 50.3 Å². The Morgan fingerprint density at radius 1 is 0.484 bits per heavy atom. The molecule has 0 aromatic carbocycles. The number of esters is 2. The molecule has 0 amide bonds. The van der Waals surface area contributed by atoms with Crippen molar-refractivity contribution in [3.05, 3.63) is 72.9 Å². The van der Waals surface area contributed by atoms with Crippen LogP contribution in [-0.4, -0.2) is 80.6 Å². The summed E-state index contributed by atoms with van der Waals surface area (Å²) >= 11 is 0. The monoisotopic (exact) mass is 869 g/mol.